The molecule has 3 N–H and O–H groups in total. The molecule has 3 heteroatoms. The van der Waals surface area contributed by atoms with Crippen LogP contribution in [0.25, 0.3) is 0 Å². The van der Waals surface area contributed by atoms with E-state index in [4.69, 9.17) is 5.73 Å². The van der Waals surface area contributed by atoms with Gasteiger partial charge in [0.25, 0.3) is 0 Å². The Morgan fingerprint density at radius 2 is 2.22 bits per heavy atom. The number of amides is 1. The SMILES string of the molecule is CCCC[C@H](N)C(=O)NCCC1CCCC(C)C1. The molecule has 0 heterocycles. The molecule has 0 bridgehead atoms. The minimum Gasteiger partial charge on any atom is -0.355 e. The summed E-state index contributed by atoms with van der Waals surface area (Å²) in [5, 5.41) is 2.99. The molecule has 0 spiro atoms. The van der Waals surface area contributed by atoms with E-state index in [1.165, 1.54) is 25.7 Å². The highest BCUT2D eigenvalue weighted by Gasteiger charge is 2.19. The summed E-state index contributed by atoms with van der Waals surface area (Å²) in [6.45, 7) is 5.26. The Bertz CT molecular complexity index is 243. The maximum absolute atomic E-state index is 11.7. The summed E-state index contributed by atoms with van der Waals surface area (Å²) < 4.78 is 0. The van der Waals surface area contributed by atoms with Gasteiger partial charge in [-0.05, 0) is 31.1 Å². The van der Waals surface area contributed by atoms with Gasteiger partial charge in [-0.3, -0.25) is 4.79 Å². The average molecular weight is 254 g/mol. The highest BCUT2D eigenvalue weighted by atomic mass is 16.2. The molecule has 1 aliphatic rings. The fourth-order valence-corrected chi connectivity index (χ4v) is 2.91. The van der Waals surface area contributed by atoms with Crippen LogP contribution in [-0.2, 0) is 4.79 Å². The smallest absolute Gasteiger partial charge is 0.236 e. The van der Waals surface area contributed by atoms with Crippen LogP contribution in [0.3, 0.4) is 0 Å². The minimum atomic E-state index is -0.310. The molecule has 1 amide bonds. The number of nitrogens with two attached hydrogens (primary N) is 1. The molecule has 0 aromatic heterocycles. The molecule has 2 unspecified atom stereocenters. The third-order valence-electron chi connectivity index (χ3n) is 4.10. The van der Waals surface area contributed by atoms with Crippen LogP contribution < -0.4 is 11.1 Å². The molecule has 0 aliphatic heterocycles. The number of hydrogen-bond acceptors (Lipinski definition) is 2. The van der Waals surface area contributed by atoms with Gasteiger partial charge in [-0.2, -0.15) is 0 Å². The van der Waals surface area contributed by atoms with Crippen LogP contribution in [0.2, 0.25) is 0 Å². The normalized spacial score (nSPS) is 25.7. The summed E-state index contributed by atoms with van der Waals surface area (Å²) in [5.74, 6) is 1.71. The largest absolute Gasteiger partial charge is 0.355 e. The molecule has 106 valence electrons. The summed E-state index contributed by atoms with van der Waals surface area (Å²) in [4.78, 5) is 11.7. The van der Waals surface area contributed by atoms with Crippen LogP contribution in [0.1, 0.15) is 65.2 Å². The van der Waals surface area contributed by atoms with E-state index in [-0.39, 0.29) is 11.9 Å². The first-order valence-electron chi connectivity index (χ1n) is 7.66. The first kappa shape index (κ1) is 15.5. The molecule has 18 heavy (non-hydrogen) atoms. The van der Waals surface area contributed by atoms with Crippen LogP contribution in [0.15, 0.2) is 0 Å². The molecule has 1 saturated carbocycles. The van der Waals surface area contributed by atoms with E-state index in [1.807, 2.05) is 0 Å². The van der Waals surface area contributed by atoms with Crippen molar-refractivity contribution < 1.29 is 4.79 Å². The van der Waals surface area contributed by atoms with Crippen molar-refractivity contribution >= 4 is 5.91 Å². The maximum atomic E-state index is 11.7. The van der Waals surface area contributed by atoms with Crippen molar-refractivity contribution in [2.45, 2.75) is 71.3 Å². The molecule has 0 radical (unpaired) electrons. The van der Waals surface area contributed by atoms with Crippen molar-refractivity contribution in [3.05, 3.63) is 0 Å². The highest BCUT2D eigenvalue weighted by Crippen LogP contribution is 2.30. The molecule has 0 saturated heterocycles. The summed E-state index contributed by atoms with van der Waals surface area (Å²) in [6, 6.07) is -0.310. The second kappa shape index (κ2) is 8.52. The van der Waals surface area contributed by atoms with E-state index in [2.05, 4.69) is 19.2 Å². The van der Waals surface area contributed by atoms with Gasteiger partial charge in [0, 0.05) is 6.54 Å². The first-order valence-corrected chi connectivity index (χ1v) is 7.66. The van der Waals surface area contributed by atoms with Gasteiger partial charge in [-0.15, -0.1) is 0 Å². The highest BCUT2D eigenvalue weighted by molar-refractivity contribution is 5.81. The molecule has 1 rings (SSSR count). The zero-order chi connectivity index (χ0) is 13.4. The zero-order valence-corrected chi connectivity index (χ0v) is 12.1. The Balaban J connectivity index is 2.11. The van der Waals surface area contributed by atoms with Crippen molar-refractivity contribution in [3.8, 4) is 0 Å². The van der Waals surface area contributed by atoms with Crippen molar-refractivity contribution in [2.75, 3.05) is 6.54 Å². The number of unbranched alkanes of at least 4 members (excludes halogenated alkanes) is 1. The average Bonchev–Trinajstić information content (AvgIpc) is 2.35. The summed E-state index contributed by atoms with van der Waals surface area (Å²) >= 11 is 0. The Hall–Kier alpha value is -0.570. The molecule has 0 aromatic rings. The van der Waals surface area contributed by atoms with Crippen molar-refractivity contribution in [2.24, 2.45) is 17.6 Å². The van der Waals surface area contributed by atoms with Gasteiger partial charge in [0.2, 0.25) is 5.91 Å². The lowest BCUT2D eigenvalue weighted by molar-refractivity contribution is -0.122. The number of nitrogens with one attached hydrogen (secondary N) is 1. The third-order valence-corrected chi connectivity index (χ3v) is 4.10. The van der Waals surface area contributed by atoms with Gasteiger partial charge in [-0.25, -0.2) is 0 Å². The fraction of sp³-hybridized carbons (Fsp3) is 0.933. The van der Waals surface area contributed by atoms with Crippen molar-refractivity contribution in [3.63, 3.8) is 0 Å². The third kappa shape index (κ3) is 5.85. The number of hydrogen-bond donors (Lipinski definition) is 2. The fourth-order valence-electron chi connectivity index (χ4n) is 2.91. The number of carbonyl (C=O) groups excluding carboxylic acids is 1. The number of rotatable bonds is 7. The summed E-state index contributed by atoms with van der Waals surface area (Å²) in [5.41, 5.74) is 5.83. The van der Waals surface area contributed by atoms with E-state index in [0.717, 1.165) is 44.1 Å². The van der Waals surface area contributed by atoms with Gasteiger partial charge in [0.1, 0.15) is 0 Å². The van der Waals surface area contributed by atoms with Gasteiger partial charge in [0.15, 0.2) is 0 Å². The lowest BCUT2D eigenvalue weighted by Gasteiger charge is -2.26. The van der Waals surface area contributed by atoms with Gasteiger partial charge in [-0.1, -0.05) is 46.0 Å². The predicted octanol–water partition coefficient (Wildman–Crippen LogP) is 2.84. The molecular weight excluding hydrogens is 224 g/mol. The Morgan fingerprint density at radius 1 is 1.44 bits per heavy atom. The second-order valence-corrected chi connectivity index (χ2v) is 5.97. The standard InChI is InChI=1S/C15H30N2O/c1-3-4-8-14(16)15(18)17-10-9-13-7-5-6-12(2)11-13/h12-14H,3-11,16H2,1-2H3,(H,17,18)/t12?,13?,14-/m0/s1. The maximum Gasteiger partial charge on any atom is 0.236 e. The Kier molecular flexibility index (Phi) is 7.33. The Labute approximate surface area is 112 Å². The molecular formula is C15H30N2O. The van der Waals surface area contributed by atoms with E-state index < -0.39 is 0 Å². The topological polar surface area (TPSA) is 55.1 Å². The van der Waals surface area contributed by atoms with Crippen molar-refractivity contribution in [1.29, 1.82) is 0 Å². The van der Waals surface area contributed by atoms with Crippen LogP contribution in [0.4, 0.5) is 0 Å². The predicted molar refractivity (Wildman–Crippen MR) is 76.2 cm³/mol. The summed E-state index contributed by atoms with van der Waals surface area (Å²) in [6.07, 6.45) is 9.47. The van der Waals surface area contributed by atoms with Crippen LogP contribution in [0.5, 0.6) is 0 Å². The lowest BCUT2D eigenvalue weighted by atomic mass is 9.81. The van der Waals surface area contributed by atoms with Crippen molar-refractivity contribution in [1.82, 2.24) is 5.32 Å². The lowest BCUT2D eigenvalue weighted by Crippen LogP contribution is -2.41. The summed E-state index contributed by atoms with van der Waals surface area (Å²) in [7, 11) is 0. The van der Waals surface area contributed by atoms with Gasteiger partial charge >= 0.3 is 0 Å². The Morgan fingerprint density at radius 3 is 2.89 bits per heavy atom. The van der Waals surface area contributed by atoms with Gasteiger partial charge < -0.3 is 11.1 Å². The van der Waals surface area contributed by atoms with Gasteiger partial charge in [0.05, 0.1) is 6.04 Å². The molecule has 0 aromatic carbocycles. The van der Waals surface area contributed by atoms with E-state index >= 15 is 0 Å². The van der Waals surface area contributed by atoms with E-state index in [1.54, 1.807) is 0 Å². The van der Waals surface area contributed by atoms with E-state index in [0.29, 0.717) is 0 Å². The van der Waals surface area contributed by atoms with Crippen LogP contribution in [0, 0.1) is 11.8 Å². The van der Waals surface area contributed by atoms with E-state index in [9.17, 15) is 4.79 Å². The molecule has 1 aliphatic carbocycles. The van der Waals surface area contributed by atoms with Crippen LogP contribution in [-0.4, -0.2) is 18.5 Å². The monoisotopic (exact) mass is 254 g/mol. The minimum absolute atomic E-state index is 0.0345. The second-order valence-electron chi connectivity index (χ2n) is 5.97. The molecule has 3 atom stereocenters. The number of carbonyl (C=O) groups is 1. The van der Waals surface area contributed by atoms with Crippen LogP contribution >= 0.6 is 0 Å². The zero-order valence-electron chi connectivity index (χ0n) is 12.1. The quantitative estimate of drug-likeness (QED) is 0.734. The molecule has 1 fully saturated rings. The first-order chi connectivity index (χ1) is 8.63. The molecule has 3 nitrogen and oxygen atoms in total.